The minimum absolute atomic E-state index is 0.0627. The number of benzene rings is 2. The van der Waals surface area contributed by atoms with E-state index in [4.69, 9.17) is 0 Å². The fourth-order valence-electron chi connectivity index (χ4n) is 4.02. The van der Waals surface area contributed by atoms with Gasteiger partial charge in [0, 0.05) is 12.0 Å². The van der Waals surface area contributed by atoms with Crippen molar-refractivity contribution >= 4 is 12.2 Å². The van der Waals surface area contributed by atoms with Gasteiger partial charge in [0.1, 0.15) is 0 Å². The van der Waals surface area contributed by atoms with Gasteiger partial charge >= 0.3 is 0 Å². The van der Waals surface area contributed by atoms with Crippen molar-refractivity contribution in [3.8, 4) is 0 Å². The summed E-state index contributed by atoms with van der Waals surface area (Å²) in [6, 6.07) is 17.3. The van der Waals surface area contributed by atoms with Gasteiger partial charge in [-0.05, 0) is 41.5 Å². The Bertz CT molecular complexity index is 747. The van der Waals surface area contributed by atoms with Crippen LogP contribution in [-0.4, -0.2) is 11.7 Å². The van der Waals surface area contributed by atoms with Crippen molar-refractivity contribution < 1.29 is 5.11 Å². The van der Waals surface area contributed by atoms with Crippen molar-refractivity contribution in [2.45, 2.75) is 26.2 Å². The molecule has 2 aliphatic carbocycles. The van der Waals surface area contributed by atoms with E-state index in [1.54, 1.807) is 0 Å². The van der Waals surface area contributed by atoms with Crippen LogP contribution in [-0.2, 0) is 12.8 Å². The maximum Gasteiger partial charge on any atom is 0.0442 e. The number of rotatable bonds is 4. The van der Waals surface area contributed by atoms with Gasteiger partial charge in [0.2, 0.25) is 0 Å². The summed E-state index contributed by atoms with van der Waals surface area (Å²) >= 11 is 0. The van der Waals surface area contributed by atoms with Crippen LogP contribution in [0.1, 0.15) is 35.6 Å². The predicted octanol–water partition coefficient (Wildman–Crippen LogP) is 4.65. The van der Waals surface area contributed by atoms with E-state index >= 15 is 0 Å². The summed E-state index contributed by atoms with van der Waals surface area (Å²) in [6.07, 6.45) is 7.47. The Balaban J connectivity index is 1.72. The molecule has 4 rings (SSSR count). The fourth-order valence-corrected chi connectivity index (χ4v) is 4.02. The molecule has 2 aliphatic rings. The van der Waals surface area contributed by atoms with Crippen LogP contribution in [0, 0.1) is 5.41 Å². The van der Waals surface area contributed by atoms with Gasteiger partial charge in [-0.15, -0.1) is 0 Å². The Morgan fingerprint density at radius 3 is 1.74 bits per heavy atom. The molecule has 1 nitrogen and oxygen atoms in total. The smallest absolute Gasteiger partial charge is 0.0442 e. The van der Waals surface area contributed by atoms with E-state index in [1.807, 2.05) is 0 Å². The van der Waals surface area contributed by atoms with Gasteiger partial charge in [-0.1, -0.05) is 78.8 Å². The Kier molecular flexibility index (Phi) is 3.46. The standard InChI is InChI=1S/C22H22O/c1-22(10-11-23,20-12-16-6-2-3-7-17(16)13-20)21-14-18-8-4-5-9-19(18)15-21/h2-9,12,14,23H,10-11,13,15H2,1H3. The SMILES string of the molecule is CC(CCO)(C1=Cc2ccccc2C1)C1=Cc2ccccc2C1. The van der Waals surface area contributed by atoms with E-state index in [9.17, 15) is 5.11 Å². The van der Waals surface area contributed by atoms with Crippen LogP contribution in [0.15, 0.2) is 59.7 Å². The van der Waals surface area contributed by atoms with Crippen LogP contribution in [0.3, 0.4) is 0 Å². The zero-order valence-corrected chi connectivity index (χ0v) is 13.5. The molecule has 0 unspecified atom stereocenters. The lowest BCUT2D eigenvalue weighted by Crippen LogP contribution is -2.24. The minimum Gasteiger partial charge on any atom is -0.396 e. The summed E-state index contributed by atoms with van der Waals surface area (Å²) in [7, 11) is 0. The maximum absolute atomic E-state index is 9.70. The molecule has 23 heavy (non-hydrogen) atoms. The largest absolute Gasteiger partial charge is 0.396 e. The molecule has 0 radical (unpaired) electrons. The van der Waals surface area contributed by atoms with Crippen LogP contribution in [0.2, 0.25) is 0 Å². The van der Waals surface area contributed by atoms with E-state index in [1.165, 1.54) is 33.4 Å². The third kappa shape index (κ3) is 2.36. The number of allylic oxidation sites excluding steroid dienone is 2. The first-order chi connectivity index (χ1) is 11.2. The van der Waals surface area contributed by atoms with E-state index in [2.05, 4.69) is 67.6 Å². The lowest BCUT2D eigenvalue weighted by molar-refractivity contribution is 0.241. The van der Waals surface area contributed by atoms with E-state index < -0.39 is 0 Å². The minimum atomic E-state index is -0.0627. The first-order valence-corrected chi connectivity index (χ1v) is 8.39. The fraction of sp³-hybridized carbons (Fsp3) is 0.273. The molecule has 1 heteroatoms. The molecule has 2 aromatic rings. The second-order valence-electron chi connectivity index (χ2n) is 6.90. The Morgan fingerprint density at radius 2 is 1.30 bits per heavy atom. The van der Waals surface area contributed by atoms with Crippen molar-refractivity contribution in [1.29, 1.82) is 0 Å². The van der Waals surface area contributed by atoms with Crippen molar-refractivity contribution in [3.05, 3.63) is 81.9 Å². The molecule has 116 valence electrons. The van der Waals surface area contributed by atoms with Crippen molar-refractivity contribution in [3.63, 3.8) is 0 Å². The summed E-state index contributed by atoms with van der Waals surface area (Å²) in [4.78, 5) is 0. The lowest BCUT2D eigenvalue weighted by Gasteiger charge is -2.33. The highest BCUT2D eigenvalue weighted by molar-refractivity contribution is 5.71. The second kappa shape index (κ2) is 5.50. The van der Waals surface area contributed by atoms with E-state index in [0.29, 0.717) is 0 Å². The molecule has 0 heterocycles. The topological polar surface area (TPSA) is 20.2 Å². The molecule has 0 spiro atoms. The van der Waals surface area contributed by atoms with Gasteiger partial charge < -0.3 is 5.11 Å². The zero-order chi connectivity index (χ0) is 15.9. The third-order valence-corrected chi connectivity index (χ3v) is 5.56. The predicted molar refractivity (Wildman–Crippen MR) is 96.1 cm³/mol. The lowest BCUT2D eigenvalue weighted by atomic mass is 9.71. The summed E-state index contributed by atoms with van der Waals surface area (Å²) in [6.45, 7) is 2.52. The average Bonchev–Trinajstić information content (AvgIpc) is 3.19. The third-order valence-electron chi connectivity index (χ3n) is 5.56. The van der Waals surface area contributed by atoms with Crippen molar-refractivity contribution in [1.82, 2.24) is 0 Å². The molecule has 0 fully saturated rings. The highest BCUT2D eigenvalue weighted by Gasteiger charge is 2.36. The number of hydrogen-bond donors (Lipinski definition) is 1. The monoisotopic (exact) mass is 302 g/mol. The Morgan fingerprint density at radius 1 is 0.826 bits per heavy atom. The van der Waals surface area contributed by atoms with Crippen molar-refractivity contribution in [2.75, 3.05) is 6.61 Å². The summed E-state index contributed by atoms with van der Waals surface area (Å²) in [5, 5.41) is 9.70. The molecule has 0 saturated heterocycles. The molecule has 0 bridgehead atoms. The summed E-state index contributed by atoms with van der Waals surface area (Å²) in [5.41, 5.74) is 8.29. The van der Waals surface area contributed by atoms with Gasteiger partial charge in [0.25, 0.3) is 0 Å². The normalized spacial score (nSPS) is 15.9. The quantitative estimate of drug-likeness (QED) is 0.871. The van der Waals surface area contributed by atoms with E-state index in [0.717, 1.165) is 19.3 Å². The number of fused-ring (bicyclic) bond motifs is 2. The highest BCUT2D eigenvalue weighted by Crippen LogP contribution is 2.48. The molecule has 2 aromatic carbocycles. The molecule has 0 atom stereocenters. The van der Waals surface area contributed by atoms with Crippen LogP contribution < -0.4 is 0 Å². The summed E-state index contributed by atoms with van der Waals surface area (Å²) in [5.74, 6) is 0. The van der Waals surface area contributed by atoms with Gasteiger partial charge in [-0.3, -0.25) is 0 Å². The van der Waals surface area contributed by atoms with Gasteiger partial charge in [0.15, 0.2) is 0 Å². The average molecular weight is 302 g/mol. The van der Waals surface area contributed by atoms with Gasteiger partial charge in [-0.25, -0.2) is 0 Å². The Hall–Kier alpha value is -2.12. The summed E-state index contributed by atoms with van der Waals surface area (Å²) < 4.78 is 0. The highest BCUT2D eigenvalue weighted by atomic mass is 16.3. The number of aliphatic hydroxyl groups is 1. The number of hydrogen-bond acceptors (Lipinski definition) is 1. The maximum atomic E-state index is 9.70. The molecule has 0 amide bonds. The molecular weight excluding hydrogens is 280 g/mol. The first-order valence-electron chi connectivity index (χ1n) is 8.39. The van der Waals surface area contributed by atoms with Gasteiger partial charge in [0.05, 0.1) is 0 Å². The van der Waals surface area contributed by atoms with Crippen LogP contribution >= 0.6 is 0 Å². The molecule has 0 aromatic heterocycles. The first kappa shape index (κ1) is 14.5. The molecular formula is C22H22O. The van der Waals surface area contributed by atoms with Crippen LogP contribution in [0.4, 0.5) is 0 Å². The molecule has 0 aliphatic heterocycles. The van der Waals surface area contributed by atoms with E-state index in [-0.39, 0.29) is 12.0 Å². The van der Waals surface area contributed by atoms with Crippen molar-refractivity contribution in [2.24, 2.45) is 5.41 Å². The van der Waals surface area contributed by atoms with Crippen LogP contribution in [0.5, 0.6) is 0 Å². The molecule has 0 saturated carbocycles. The van der Waals surface area contributed by atoms with Crippen LogP contribution in [0.25, 0.3) is 12.2 Å². The number of aliphatic hydroxyl groups excluding tert-OH is 1. The second-order valence-corrected chi connectivity index (χ2v) is 6.90. The zero-order valence-electron chi connectivity index (χ0n) is 13.5. The van der Waals surface area contributed by atoms with Gasteiger partial charge in [-0.2, -0.15) is 0 Å². The molecule has 1 N–H and O–H groups in total. The Labute approximate surface area is 138 Å².